The summed E-state index contributed by atoms with van der Waals surface area (Å²) >= 11 is 0. The second-order valence-corrected chi connectivity index (χ2v) is 8.53. The molecule has 3 rings (SSSR count). The van der Waals surface area contributed by atoms with Crippen molar-refractivity contribution in [2.75, 3.05) is 19.6 Å². The average Bonchev–Trinajstić information content (AvgIpc) is 2.90. The molecule has 0 N–H and O–H groups in total. The maximum atomic E-state index is 13.4. The van der Waals surface area contributed by atoms with Crippen LogP contribution >= 0.6 is 0 Å². The molecular weight excluding hydrogens is 348 g/mol. The third-order valence-corrected chi connectivity index (χ3v) is 6.13. The Kier molecular flexibility index (Phi) is 6.58. The Labute approximate surface area is 169 Å². The van der Waals surface area contributed by atoms with Crippen molar-refractivity contribution in [3.8, 4) is 0 Å². The molecule has 4 heteroatoms. The number of imide groups is 1. The van der Waals surface area contributed by atoms with Gasteiger partial charge in [-0.15, -0.1) is 0 Å². The highest BCUT2D eigenvalue weighted by atomic mass is 16.2. The first kappa shape index (κ1) is 20.6. The van der Waals surface area contributed by atoms with Crippen LogP contribution in [0.5, 0.6) is 0 Å². The van der Waals surface area contributed by atoms with Gasteiger partial charge in [-0.2, -0.15) is 0 Å². The van der Waals surface area contributed by atoms with Crippen molar-refractivity contribution in [2.45, 2.75) is 66.2 Å². The number of benzene rings is 1. The summed E-state index contributed by atoms with van der Waals surface area (Å²) < 4.78 is 0. The molecule has 152 valence electrons. The van der Waals surface area contributed by atoms with E-state index in [4.69, 9.17) is 0 Å². The molecule has 2 aliphatic heterocycles. The van der Waals surface area contributed by atoms with Crippen LogP contribution in [0.2, 0.25) is 0 Å². The molecule has 0 saturated carbocycles. The van der Waals surface area contributed by atoms with Crippen LogP contribution in [0.15, 0.2) is 23.9 Å². The van der Waals surface area contributed by atoms with E-state index in [1.54, 1.807) is 0 Å². The summed E-state index contributed by atoms with van der Waals surface area (Å²) in [7, 11) is 0. The van der Waals surface area contributed by atoms with E-state index in [1.807, 2.05) is 19.1 Å². The first-order chi connectivity index (χ1) is 13.4. The van der Waals surface area contributed by atoms with Crippen molar-refractivity contribution in [3.63, 3.8) is 0 Å². The zero-order valence-electron chi connectivity index (χ0n) is 17.9. The smallest absolute Gasteiger partial charge is 0.277 e. The summed E-state index contributed by atoms with van der Waals surface area (Å²) in [4.78, 5) is 30.3. The number of likely N-dealkylation sites (tertiary alicyclic amines) is 1. The minimum Gasteiger partial charge on any atom is -0.366 e. The minimum atomic E-state index is -0.109. The van der Waals surface area contributed by atoms with Crippen LogP contribution in [0.3, 0.4) is 0 Å². The van der Waals surface area contributed by atoms with Gasteiger partial charge in [0, 0.05) is 19.6 Å². The van der Waals surface area contributed by atoms with Gasteiger partial charge < -0.3 is 4.90 Å². The monoisotopic (exact) mass is 382 g/mol. The molecule has 2 amide bonds. The van der Waals surface area contributed by atoms with Gasteiger partial charge in [-0.05, 0) is 50.2 Å². The fraction of sp³-hybridized carbons (Fsp3) is 0.583. The number of hydrogen-bond acceptors (Lipinski definition) is 3. The van der Waals surface area contributed by atoms with Gasteiger partial charge in [0.25, 0.3) is 11.8 Å². The van der Waals surface area contributed by atoms with E-state index in [-0.39, 0.29) is 11.8 Å². The van der Waals surface area contributed by atoms with E-state index >= 15 is 0 Å². The molecular formula is C24H34N2O2. The second kappa shape index (κ2) is 8.93. The van der Waals surface area contributed by atoms with Crippen molar-refractivity contribution < 1.29 is 9.59 Å². The quantitative estimate of drug-likeness (QED) is 0.507. The number of unbranched alkanes of at least 4 members (excludes halogenated alkanes) is 3. The SMILES string of the molecule is CCCCCCN1C(=O)C(c2ccc(C)cc2C)=C(N2CCC(C)CC2)C1=O. The van der Waals surface area contributed by atoms with E-state index in [2.05, 4.69) is 31.7 Å². The zero-order valence-corrected chi connectivity index (χ0v) is 17.9. The lowest BCUT2D eigenvalue weighted by atomic mass is 9.95. The van der Waals surface area contributed by atoms with Crippen LogP contribution in [-0.2, 0) is 9.59 Å². The lowest BCUT2D eigenvalue weighted by molar-refractivity contribution is -0.137. The topological polar surface area (TPSA) is 40.6 Å². The van der Waals surface area contributed by atoms with E-state index in [1.165, 1.54) is 10.5 Å². The number of aryl methyl sites for hydroxylation is 2. The first-order valence-electron chi connectivity index (χ1n) is 10.9. The number of hydrogen-bond donors (Lipinski definition) is 0. The molecule has 4 nitrogen and oxygen atoms in total. The van der Waals surface area contributed by atoms with E-state index in [0.29, 0.717) is 23.7 Å². The molecule has 1 saturated heterocycles. The van der Waals surface area contributed by atoms with Gasteiger partial charge in [0.15, 0.2) is 0 Å². The molecule has 28 heavy (non-hydrogen) atoms. The summed E-state index contributed by atoms with van der Waals surface area (Å²) in [6.07, 6.45) is 6.37. The number of carbonyl (C=O) groups is 2. The van der Waals surface area contributed by atoms with Gasteiger partial charge in [0.1, 0.15) is 5.70 Å². The second-order valence-electron chi connectivity index (χ2n) is 8.53. The van der Waals surface area contributed by atoms with E-state index < -0.39 is 0 Å². The minimum absolute atomic E-state index is 0.0916. The highest BCUT2D eigenvalue weighted by Crippen LogP contribution is 2.35. The molecule has 0 unspecified atom stereocenters. The largest absolute Gasteiger partial charge is 0.366 e. The molecule has 1 fully saturated rings. The number of amides is 2. The van der Waals surface area contributed by atoms with Crippen LogP contribution in [0, 0.1) is 19.8 Å². The summed E-state index contributed by atoms with van der Waals surface area (Å²) in [5, 5.41) is 0. The Balaban J connectivity index is 1.95. The molecule has 0 spiro atoms. The third kappa shape index (κ3) is 4.16. The van der Waals surface area contributed by atoms with Crippen molar-refractivity contribution >= 4 is 17.4 Å². The predicted octanol–water partition coefficient (Wildman–Crippen LogP) is 4.70. The standard InChI is InChI=1S/C24H34N2O2/c1-5-6-7-8-13-26-23(27)21(20-10-9-18(3)16-19(20)4)22(24(26)28)25-14-11-17(2)12-15-25/h9-10,16-17H,5-8,11-15H2,1-4H3. The van der Waals surface area contributed by atoms with Crippen molar-refractivity contribution in [2.24, 2.45) is 5.92 Å². The Morgan fingerprint density at radius 3 is 2.36 bits per heavy atom. The highest BCUT2D eigenvalue weighted by molar-refractivity contribution is 6.35. The molecule has 2 heterocycles. The van der Waals surface area contributed by atoms with Crippen LogP contribution < -0.4 is 0 Å². The molecule has 0 aliphatic carbocycles. The van der Waals surface area contributed by atoms with Crippen molar-refractivity contribution in [1.82, 2.24) is 9.80 Å². The lowest BCUT2D eigenvalue weighted by Gasteiger charge is -2.32. The van der Waals surface area contributed by atoms with Crippen LogP contribution in [0.1, 0.15) is 69.1 Å². The summed E-state index contributed by atoms with van der Waals surface area (Å²) in [5.41, 5.74) is 4.40. The normalized spacial score (nSPS) is 18.6. The van der Waals surface area contributed by atoms with Gasteiger partial charge in [-0.25, -0.2) is 0 Å². The predicted molar refractivity (Wildman–Crippen MR) is 114 cm³/mol. The third-order valence-electron chi connectivity index (χ3n) is 6.13. The summed E-state index contributed by atoms with van der Waals surface area (Å²) in [6, 6.07) is 6.14. The molecule has 0 radical (unpaired) electrons. The molecule has 2 aliphatic rings. The van der Waals surface area contributed by atoms with E-state index in [0.717, 1.165) is 62.7 Å². The maximum Gasteiger partial charge on any atom is 0.277 e. The Morgan fingerprint density at radius 1 is 1.00 bits per heavy atom. The van der Waals surface area contributed by atoms with Gasteiger partial charge >= 0.3 is 0 Å². The zero-order chi connectivity index (χ0) is 20.3. The fourth-order valence-corrected chi connectivity index (χ4v) is 4.33. The Bertz CT molecular complexity index is 773. The van der Waals surface area contributed by atoms with Crippen molar-refractivity contribution in [1.29, 1.82) is 0 Å². The van der Waals surface area contributed by atoms with Gasteiger partial charge in [-0.1, -0.05) is 56.9 Å². The number of piperidine rings is 1. The fourth-order valence-electron chi connectivity index (χ4n) is 4.33. The average molecular weight is 383 g/mol. The van der Waals surface area contributed by atoms with Gasteiger partial charge in [0.05, 0.1) is 5.57 Å². The van der Waals surface area contributed by atoms with Crippen LogP contribution in [-0.4, -0.2) is 41.2 Å². The highest BCUT2D eigenvalue weighted by Gasteiger charge is 2.42. The molecule has 0 atom stereocenters. The van der Waals surface area contributed by atoms with Gasteiger partial charge in [0.2, 0.25) is 0 Å². The molecule has 1 aromatic carbocycles. The number of nitrogens with zero attached hydrogens (tertiary/aromatic N) is 2. The van der Waals surface area contributed by atoms with E-state index in [9.17, 15) is 9.59 Å². The first-order valence-corrected chi connectivity index (χ1v) is 10.9. The maximum absolute atomic E-state index is 13.4. The molecule has 1 aromatic rings. The molecule has 0 bridgehead atoms. The Morgan fingerprint density at radius 2 is 1.71 bits per heavy atom. The lowest BCUT2D eigenvalue weighted by Crippen LogP contribution is -2.38. The summed E-state index contributed by atoms with van der Waals surface area (Å²) in [5.74, 6) is 0.479. The van der Waals surface area contributed by atoms with Crippen LogP contribution in [0.25, 0.3) is 5.57 Å². The summed E-state index contributed by atoms with van der Waals surface area (Å²) in [6.45, 7) is 10.8. The Hall–Kier alpha value is -2.10. The number of rotatable bonds is 7. The van der Waals surface area contributed by atoms with Crippen molar-refractivity contribution in [3.05, 3.63) is 40.6 Å². The van der Waals surface area contributed by atoms with Crippen LogP contribution in [0.4, 0.5) is 0 Å². The number of carbonyl (C=O) groups excluding carboxylic acids is 2. The molecule has 0 aromatic heterocycles. The van der Waals surface area contributed by atoms with Gasteiger partial charge in [-0.3, -0.25) is 14.5 Å².